The van der Waals surface area contributed by atoms with Crippen molar-refractivity contribution in [1.29, 1.82) is 0 Å². The predicted molar refractivity (Wildman–Crippen MR) is 161 cm³/mol. The largest absolute Gasteiger partial charge is 1.00 e. The number of nitrogens with zero attached hydrogens (tertiary/aromatic N) is 1. The number of unbranched alkanes of at least 4 members (excludes halogenated alkanes) is 11. The summed E-state index contributed by atoms with van der Waals surface area (Å²) in [7, 11) is 0. The minimum Gasteiger partial charge on any atom is -1.00 e. The summed E-state index contributed by atoms with van der Waals surface area (Å²) < 4.78 is 8.03. The fourth-order valence-corrected chi connectivity index (χ4v) is 5.48. The van der Waals surface area contributed by atoms with E-state index in [4.69, 9.17) is 16.3 Å². The van der Waals surface area contributed by atoms with Crippen molar-refractivity contribution >= 4 is 34.5 Å². The topological polar surface area (TPSA) is 42.2 Å². The second-order valence-electron chi connectivity index (χ2n) is 10.2. The van der Waals surface area contributed by atoms with Gasteiger partial charge in [-0.05, 0) is 43.7 Å². The monoisotopic (exact) mass is 634 g/mol. The number of carbonyl (C=O) groups is 1. The molecule has 0 radical (unpaired) electrons. The molecule has 39 heavy (non-hydrogen) atoms. The second kappa shape index (κ2) is 19.2. The number of amides is 1. The van der Waals surface area contributed by atoms with E-state index in [0.717, 1.165) is 24.2 Å². The highest BCUT2D eigenvalue weighted by Gasteiger charge is 2.13. The quantitative estimate of drug-likeness (QED) is 0.130. The molecule has 0 aliphatic rings. The Morgan fingerprint density at radius 3 is 2.21 bits per heavy atom. The predicted octanol–water partition coefficient (Wildman–Crippen LogP) is 6.38. The number of carbonyl (C=O) groups excluding carboxylic acids is 1. The van der Waals surface area contributed by atoms with Crippen LogP contribution in [0.4, 0.5) is 5.69 Å². The van der Waals surface area contributed by atoms with E-state index in [1.165, 1.54) is 75.5 Å². The van der Waals surface area contributed by atoms with Crippen molar-refractivity contribution in [2.24, 2.45) is 0 Å². The van der Waals surface area contributed by atoms with E-state index in [0.29, 0.717) is 22.9 Å². The molecule has 0 bridgehead atoms. The normalized spacial score (nSPS) is 10.7. The molecular formula is C32H44BrClN2O2S. The van der Waals surface area contributed by atoms with E-state index in [-0.39, 0.29) is 22.9 Å². The molecule has 0 aliphatic carbocycles. The molecular weight excluding hydrogens is 592 g/mol. The first-order valence-corrected chi connectivity index (χ1v) is 15.6. The lowest BCUT2D eigenvalue weighted by Gasteiger charge is -2.10. The van der Waals surface area contributed by atoms with Gasteiger partial charge in [0.1, 0.15) is 5.75 Å². The fraction of sp³-hybridized carbons (Fsp3) is 0.500. The first-order valence-electron chi connectivity index (χ1n) is 14.3. The van der Waals surface area contributed by atoms with E-state index >= 15 is 0 Å². The molecule has 214 valence electrons. The lowest BCUT2D eigenvalue weighted by Crippen LogP contribution is -3.00. The first kappa shape index (κ1) is 33.3. The van der Waals surface area contributed by atoms with Gasteiger partial charge in [0, 0.05) is 11.3 Å². The summed E-state index contributed by atoms with van der Waals surface area (Å²) in [5, 5.41) is 3.37. The number of anilines is 1. The molecule has 4 nitrogen and oxygen atoms in total. The summed E-state index contributed by atoms with van der Waals surface area (Å²) in [4.78, 5) is 14.1. The van der Waals surface area contributed by atoms with Crippen LogP contribution in [0.3, 0.4) is 0 Å². The standard InChI is InChI=1S/C32H43ClN2O2S.BrH/c1-3-4-5-6-7-8-9-10-11-12-13-14-20-37-29-18-19-30(31(33)22-29)32(36)34-28-17-15-16-27(21-28)24-35-23-26(2)38-25-35;/h15-19,21-23,25H,3-14,20,24H2,1-2H3;1H. The third-order valence-electron chi connectivity index (χ3n) is 6.72. The summed E-state index contributed by atoms with van der Waals surface area (Å²) >= 11 is 8.17. The summed E-state index contributed by atoms with van der Waals surface area (Å²) in [6.07, 6.45) is 18.0. The number of aryl methyl sites for hydroxylation is 1. The Kier molecular flexibility index (Phi) is 16.4. The Morgan fingerprint density at radius 1 is 0.923 bits per heavy atom. The Balaban J connectivity index is 0.00000533. The maximum absolute atomic E-state index is 12.9. The zero-order chi connectivity index (χ0) is 27.0. The number of nitrogens with one attached hydrogen (secondary N) is 1. The Hall–Kier alpha value is -1.89. The van der Waals surface area contributed by atoms with Crippen LogP contribution < -0.4 is 31.6 Å². The van der Waals surface area contributed by atoms with Gasteiger partial charge >= 0.3 is 0 Å². The molecule has 1 N–H and O–H groups in total. The molecule has 2 aromatic carbocycles. The van der Waals surface area contributed by atoms with Crippen LogP contribution in [0.5, 0.6) is 5.75 Å². The van der Waals surface area contributed by atoms with Gasteiger partial charge in [-0.15, -0.1) is 0 Å². The van der Waals surface area contributed by atoms with Gasteiger partial charge in [0.05, 0.1) is 22.1 Å². The molecule has 0 saturated heterocycles. The Morgan fingerprint density at radius 2 is 1.59 bits per heavy atom. The van der Waals surface area contributed by atoms with E-state index in [2.05, 4.69) is 41.5 Å². The van der Waals surface area contributed by atoms with Gasteiger partial charge in [-0.3, -0.25) is 4.79 Å². The van der Waals surface area contributed by atoms with Crippen LogP contribution in [0.25, 0.3) is 0 Å². The lowest BCUT2D eigenvalue weighted by atomic mass is 10.1. The highest BCUT2D eigenvalue weighted by atomic mass is 79.9. The zero-order valence-electron chi connectivity index (χ0n) is 23.5. The molecule has 0 aliphatic heterocycles. The molecule has 3 rings (SSSR count). The van der Waals surface area contributed by atoms with Gasteiger partial charge < -0.3 is 27.0 Å². The third kappa shape index (κ3) is 12.9. The summed E-state index contributed by atoms with van der Waals surface area (Å²) in [5.74, 6) is 0.485. The second-order valence-corrected chi connectivity index (χ2v) is 11.7. The summed E-state index contributed by atoms with van der Waals surface area (Å²) in [6.45, 7) is 5.80. The van der Waals surface area contributed by atoms with Crippen LogP contribution in [0, 0.1) is 6.92 Å². The van der Waals surface area contributed by atoms with Crippen LogP contribution >= 0.6 is 22.9 Å². The smallest absolute Gasteiger partial charge is 0.257 e. The minimum atomic E-state index is -0.223. The molecule has 0 spiro atoms. The molecule has 3 aromatic rings. The highest BCUT2D eigenvalue weighted by Crippen LogP contribution is 2.24. The van der Waals surface area contributed by atoms with Crippen LogP contribution in [0.1, 0.15) is 105 Å². The van der Waals surface area contributed by atoms with E-state index in [1.807, 2.05) is 24.3 Å². The minimum absolute atomic E-state index is 0. The molecule has 1 heterocycles. The van der Waals surface area contributed by atoms with Crippen molar-refractivity contribution in [3.05, 3.63) is 75.2 Å². The van der Waals surface area contributed by atoms with E-state index in [9.17, 15) is 4.79 Å². The van der Waals surface area contributed by atoms with E-state index in [1.54, 1.807) is 23.5 Å². The van der Waals surface area contributed by atoms with Gasteiger partial charge in [0.15, 0.2) is 12.7 Å². The molecule has 1 amide bonds. The molecule has 1 aromatic heterocycles. The van der Waals surface area contributed by atoms with Crippen molar-refractivity contribution < 1.29 is 31.1 Å². The zero-order valence-corrected chi connectivity index (χ0v) is 26.7. The van der Waals surface area contributed by atoms with Crippen molar-refractivity contribution in [3.8, 4) is 5.75 Å². The molecule has 0 fully saturated rings. The van der Waals surface area contributed by atoms with Crippen LogP contribution in [0.15, 0.2) is 54.2 Å². The maximum atomic E-state index is 12.9. The van der Waals surface area contributed by atoms with Crippen LogP contribution in [-0.4, -0.2) is 12.5 Å². The molecule has 0 saturated carbocycles. The summed E-state index contributed by atoms with van der Waals surface area (Å²) in [6, 6.07) is 13.2. The third-order valence-corrected chi connectivity index (χ3v) is 7.89. The van der Waals surface area contributed by atoms with Crippen LogP contribution in [-0.2, 0) is 6.54 Å². The average molecular weight is 636 g/mol. The highest BCUT2D eigenvalue weighted by molar-refractivity contribution is 7.09. The molecule has 7 heteroatoms. The number of ether oxygens (including phenoxy) is 1. The number of benzene rings is 2. The Bertz CT molecular complexity index is 1120. The average Bonchev–Trinajstić information content (AvgIpc) is 3.31. The van der Waals surface area contributed by atoms with Gasteiger partial charge in [0.2, 0.25) is 5.51 Å². The number of thiazole rings is 1. The van der Waals surface area contributed by atoms with Crippen molar-refractivity contribution in [3.63, 3.8) is 0 Å². The number of rotatable bonds is 18. The van der Waals surface area contributed by atoms with Crippen LogP contribution in [0.2, 0.25) is 5.02 Å². The van der Waals surface area contributed by atoms with Gasteiger partial charge in [0.25, 0.3) is 5.91 Å². The van der Waals surface area contributed by atoms with E-state index < -0.39 is 0 Å². The number of halogens is 2. The SMILES string of the molecule is CCCCCCCCCCCCCCOc1ccc(C(=O)Nc2cccc(C[n+]3csc(C)c3)c2)c(Cl)c1.[Br-]. The van der Waals surface area contributed by atoms with Crippen molar-refractivity contribution in [2.45, 2.75) is 97.4 Å². The lowest BCUT2D eigenvalue weighted by molar-refractivity contribution is -0.683. The number of hydrogen-bond donors (Lipinski definition) is 1. The van der Waals surface area contributed by atoms with Crippen molar-refractivity contribution in [1.82, 2.24) is 0 Å². The van der Waals surface area contributed by atoms with Crippen molar-refractivity contribution in [2.75, 3.05) is 11.9 Å². The van der Waals surface area contributed by atoms with Gasteiger partial charge in [-0.25, -0.2) is 0 Å². The van der Waals surface area contributed by atoms with Gasteiger partial charge in [-0.1, -0.05) is 113 Å². The summed E-state index contributed by atoms with van der Waals surface area (Å²) in [5.41, 5.74) is 4.42. The number of hydrogen-bond acceptors (Lipinski definition) is 3. The Labute approximate surface area is 254 Å². The molecule has 0 unspecified atom stereocenters. The molecule has 0 atom stereocenters. The first-order chi connectivity index (χ1) is 18.5. The maximum Gasteiger partial charge on any atom is 0.257 e. The fourth-order valence-electron chi connectivity index (χ4n) is 4.59. The number of aromatic nitrogens is 1. The van der Waals surface area contributed by atoms with Gasteiger partial charge in [-0.2, -0.15) is 4.57 Å².